The zero-order chi connectivity index (χ0) is 14.8. The number of nitrogens with zero attached hydrogens (tertiary/aromatic N) is 3. The molecule has 0 unspecified atom stereocenters. The van der Waals surface area contributed by atoms with Crippen molar-refractivity contribution >= 4 is 5.69 Å². The monoisotopic (exact) mass is 286 g/mol. The van der Waals surface area contributed by atoms with Crippen molar-refractivity contribution in [3.63, 3.8) is 0 Å². The number of imidazole rings is 1. The number of hydrogen-bond acceptors (Lipinski definition) is 3. The Morgan fingerprint density at radius 2 is 2.05 bits per heavy atom. The van der Waals surface area contributed by atoms with Crippen LogP contribution in [0.3, 0.4) is 0 Å². The maximum atomic E-state index is 11.8. The number of aromatic nitrogens is 3. The summed E-state index contributed by atoms with van der Waals surface area (Å²) in [4.78, 5) is 16.4. The average Bonchev–Trinajstić information content (AvgIpc) is 2.79. The number of nitrogens with two attached hydrogens (primary N) is 1. The Kier molecular flexibility index (Phi) is 3.82. The number of aryl methyl sites for hydroxylation is 3. The summed E-state index contributed by atoms with van der Waals surface area (Å²) in [6.07, 6.45) is 7.38. The van der Waals surface area contributed by atoms with Gasteiger partial charge in [-0.25, -0.2) is 4.98 Å². The van der Waals surface area contributed by atoms with Crippen molar-refractivity contribution < 1.29 is 0 Å². The summed E-state index contributed by atoms with van der Waals surface area (Å²) in [7, 11) is 0. The minimum Gasteiger partial charge on any atom is -0.398 e. The maximum Gasteiger partial charge on any atom is 0.250 e. The van der Waals surface area contributed by atoms with E-state index in [0.717, 1.165) is 31.6 Å². The summed E-state index contributed by atoms with van der Waals surface area (Å²) >= 11 is 0. The standard InChI is InChI=1S/C16H22N4O/c1-12-18-14-5-2-3-6-15(14)20(12)10-4-9-19-11-13(17)7-8-16(19)21/h7-8,11H,2-6,9-10,17H2,1H3. The fraction of sp³-hybridized carbons (Fsp3) is 0.500. The summed E-state index contributed by atoms with van der Waals surface area (Å²) in [5.41, 5.74) is 9.05. The Morgan fingerprint density at radius 1 is 1.24 bits per heavy atom. The van der Waals surface area contributed by atoms with Crippen molar-refractivity contribution in [3.05, 3.63) is 45.9 Å². The Bertz CT molecular complexity index is 699. The number of rotatable bonds is 4. The van der Waals surface area contributed by atoms with Gasteiger partial charge in [0.05, 0.1) is 5.69 Å². The first-order valence-electron chi connectivity index (χ1n) is 7.66. The molecular weight excluding hydrogens is 264 g/mol. The second kappa shape index (κ2) is 5.76. The molecule has 2 aromatic heterocycles. The van der Waals surface area contributed by atoms with E-state index in [4.69, 9.17) is 5.73 Å². The van der Waals surface area contributed by atoms with E-state index in [0.29, 0.717) is 12.2 Å². The van der Waals surface area contributed by atoms with Crippen LogP contribution in [0, 0.1) is 6.92 Å². The van der Waals surface area contributed by atoms with Crippen LogP contribution in [0.5, 0.6) is 0 Å². The second-order valence-corrected chi connectivity index (χ2v) is 5.76. The molecule has 5 nitrogen and oxygen atoms in total. The van der Waals surface area contributed by atoms with Crippen molar-refractivity contribution in [2.24, 2.45) is 0 Å². The third-order valence-corrected chi connectivity index (χ3v) is 4.21. The molecule has 2 N–H and O–H groups in total. The van der Waals surface area contributed by atoms with E-state index in [9.17, 15) is 4.79 Å². The van der Waals surface area contributed by atoms with Crippen molar-refractivity contribution in [2.45, 2.75) is 52.1 Å². The van der Waals surface area contributed by atoms with Gasteiger partial charge in [0.1, 0.15) is 5.82 Å². The van der Waals surface area contributed by atoms with E-state index in [1.54, 1.807) is 16.8 Å². The van der Waals surface area contributed by atoms with E-state index in [1.807, 2.05) is 0 Å². The molecule has 112 valence electrons. The number of hydrogen-bond donors (Lipinski definition) is 1. The van der Waals surface area contributed by atoms with E-state index < -0.39 is 0 Å². The first-order valence-corrected chi connectivity index (χ1v) is 7.66. The van der Waals surface area contributed by atoms with Crippen LogP contribution >= 0.6 is 0 Å². The Hall–Kier alpha value is -2.04. The summed E-state index contributed by atoms with van der Waals surface area (Å²) < 4.78 is 4.01. The normalized spacial score (nSPS) is 14.1. The molecule has 2 aromatic rings. The molecule has 0 atom stereocenters. The van der Waals surface area contributed by atoms with Crippen molar-refractivity contribution in [1.29, 1.82) is 0 Å². The number of nitrogen functional groups attached to an aromatic ring is 1. The predicted molar refractivity (Wildman–Crippen MR) is 83.3 cm³/mol. The topological polar surface area (TPSA) is 65.8 Å². The van der Waals surface area contributed by atoms with Crippen LogP contribution in [0.15, 0.2) is 23.1 Å². The summed E-state index contributed by atoms with van der Waals surface area (Å²) in [5.74, 6) is 1.10. The van der Waals surface area contributed by atoms with Crippen LogP contribution in [0.25, 0.3) is 0 Å². The van der Waals surface area contributed by atoms with Crippen molar-refractivity contribution in [3.8, 4) is 0 Å². The van der Waals surface area contributed by atoms with E-state index in [1.165, 1.54) is 30.3 Å². The van der Waals surface area contributed by atoms with Gasteiger partial charge in [-0.1, -0.05) is 0 Å². The third kappa shape index (κ3) is 2.86. The minimum atomic E-state index is 0.00795. The zero-order valence-corrected chi connectivity index (χ0v) is 12.5. The summed E-state index contributed by atoms with van der Waals surface area (Å²) in [6, 6.07) is 3.18. The first kappa shape index (κ1) is 13.9. The average molecular weight is 286 g/mol. The van der Waals surface area contributed by atoms with Crippen molar-refractivity contribution in [2.75, 3.05) is 5.73 Å². The molecule has 0 fully saturated rings. The maximum absolute atomic E-state index is 11.8. The molecule has 1 aliphatic rings. The lowest BCUT2D eigenvalue weighted by Gasteiger charge is -2.15. The molecule has 0 aliphatic heterocycles. The van der Waals surface area contributed by atoms with Crippen LogP contribution in [0.1, 0.15) is 36.5 Å². The molecule has 1 aliphatic carbocycles. The van der Waals surface area contributed by atoms with Gasteiger partial charge in [0.2, 0.25) is 0 Å². The molecule has 0 spiro atoms. The van der Waals surface area contributed by atoms with Crippen molar-refractivity contribution in [1.82, 2.24) is 14.1 Å². The molecule has 0 aromatic carbocycles. The highest BCUT2D eigenvalue weighted by molar-refractivity contribution is 5.33. The number of anilines is 1. The second-order valence-electron chi connectivity index (χ2n) is 5.76. The van der Waals surface area contributed by atoms with Gasteiger partial charge in [0.25, 0.3) is 5.56 Å². The third-order valence-electron chi connectivity index (χ3n) is 4.21. The number of pyridine rings is 1. The van der Waals surface area contributed by atoms with Crippen LogP contribution in [-0.2, 0) is 25.9 Å². The van der Waals surface area contributed by atoms with Crippen LogP contribution < -0.4 is 11.3 Å². The smallest absolute Gasteiger partial charge is 0.250 e. The number of fused-ring (bicyclic) bond motifs is 1. The SMILES string of the molecule is Cc1nc2c(n1CCCn1cc(N)ccc1=O)CCCC2. The molecule has 2 heterocycles. The minimum absolute atomic E-state index is 0.00795. The lowest BCUT2D eigenvalue weighted by molar-refractivity contribution is 0.524. The highest BCUT2D eigenvalue weighted by Gasteiger charge is 2.17. The molecule has 5 heteroatoms. The van der Waals surface area contributed by atoms with Gasteiger partial charge in [-0.2, -0.15) is 0 Å². The molecule has 0 bridgehead atoms. The Labute approximate surface area is 124 Å². The zero-order valence-electron chi connectivity index (χ0n) is 12.5. The van der Waals surface area contributed by atoms with Gasteiger partial charge in [0.15, 0.2) is 0 Å². The first-order chi connectivity index (χ1) is 10.1. The lowest BCUT2D eigenvalue weighted by atomic mass is 10.0. The van der Waals surface area contributed by atoms with Crippen LogP contribution in [0.4, 0.5) is 5.69 Å². The van der Waals surface area contributed by atoms with Gasteiger partial charge < -0.3 is 14.9 Å². The molecule has 21 heavy (non-hydrogen) atoms. The van der Waals surface area contributed by atoms with Gasteiger partial charge in [0, 0.05) is 36.7 Å². The highest BCUT2D eigenvalue weighted by atomic mass is 16.1. The quantitative estimate of drug-likeness (QED) is 0.933. The van der Waals surface area contributed by atoms with E-state index in [2.05, 4.69) is 16.5 Å². The van der Waals surface area contributed by atoms with Crippen LogP contribution in [-0.4, -0.2) is 14.1 Å². The molecular formula is C16H22N4O. The van der Waals surface area contributed by atoms with Gasteiger partial charge >= 0.3 is 0 Å². The van der Waals surface area contributed by atoms with Crippen LogP contribution in [0.2, 0.25) is 0 Å². The molecule has 0 saturated carbocycles. The predicted octanol–water partition coefficient (Wildman–Crippen LogP) is 1.90. The van der Waals surface area contributed by atoms with Gasteiger partial charge in [-0.05, 0) is 45.1 Å². The lowest BCUT2D eigenvalue weighted by Crippen LogP contribution is -2.20. The van der Waals surface area contributed by atoms with Gasteiger partial charge in [-0.3, -0.25) is 4.79 Å². The van der Waals surface area contributed by atoms with E-state index >= 15 is 0 Å². The Balaban J connectivity index is 1.70. The molecule has 0 amide bonds. The Morgan fingerprint density at radius 3 is 2.90 bits per heavy atom. The van der Waals surface area contributed by atoms with E-state index in [-0.39, 0.29) is 5.56 Å². The fourth-order valence-corrected chi connectivity index (χ4v) is 3.16. The highest BCUT2D eigenvalue weighted by Crippen LogP contribution is 2.22. The molecule has 3 rings (SSSR count). The molecule has 0 radical (unpaired) electrons. The summed E-state index contributed by atoms with van der Waals surface area (Å²) in [5, 5.41) is 0. The molecule has 0 saturated heterocycles. The summed E-state index contributed by atoms with van der Waals surface area (Å²) in [6.45, 7) is 3.68. The van der Waals surface area contributed by atoms with Gasteiger partial charge in [-0.15, -0.1) is 0 Å². The fourth-order valence-electron chi connectivity index (χ4n) is 3.16. The largest absolute Gasteiger partial charge is 0.398 e.